The Morgan fingerprint density at radius 1 is 0.846 bits per heavy atom. The molecular weight excluding hydrogens is 338 g/mol. The normalized spacial score (nSPS) is 11.0. The summed E-state index contributed by atoms with van der Waals surface area (Å²) in [6.07, 6.45) is 12.9. The molecule has 0 aliphatic rings. The van der Waals surface area contributed by atoms with Gasteiger partial charge in [0.15, 0.2) is 0 Å². The second kappa shape index (κ2) is 12.8. The first-order valence-electron chi connectivity index (χ1n) is 10.1. The lowest BCUT2D eigenvalue weighted by molar-refractivity contribution is 0.104. The molecule has 0 aliphatic heterocycles. The van der Waals surface area contributed by atoms with Crippen LogP contribution in [0.3, 0.4) is 0 Å². The third-order valence-electron chi connectivity index (χ3n) is 4.88. The molecule has 0 aliphatic carbocycles. The van der Waals surface area contributed by atoms with Crippen molar-refractivity contribution in [2.24, 2.45) is 0 Å². The van der Waals surface area contributed by atoms with Gasteiger partial charge in [0.1, 0.15) is 0 Å². The quantitative estimate of drug-likeness (QED) is 0.314. The summed E-state index contributed by atoms with van der Waals surface area (Å²) in [5.41, 5.74) is 2.09. The van der Waals surface area contributed by atoms with Crippen molar-refractivity contribution >= 4 is 17.1 Å². The molecule has 0 saturated carbocycles. The van der Waals surface area contributed by atoms with E-state index in [-0.39, 0.29) is 5.78 Å². The maximum absolute atomic E-state index is 12.6. The molecule has 0 unspecified atom stereocenters. The maximum Gasteiger partial charge on any atom is 0.203 e. The highest BCUT2D eigenvalue weighted by Gasteiger charge is 2.13. The molecule has 3 heteroatoms. The number of hydrogen-bond acceptors (Lipinski definition) is 3. The summed E-state index contributed by atoms with van der Waals surface area (Å²) in [6, 6.07) is 12.0. The molecule has 2 nitrogen and oxygen atoms in total. The monoisotopic (exact) mass is 371 g/mol. The van der Waals surface area contributed by atoms with Crippen LogP contribution in [0.25, 0.3) is 0 Å². The predicted octanol–water partition coefficient (Wildman–Crippen LogP) is 6.25. The fourth-order valence-corrected chi connectivity index (χ4v) is 4.03. The van der Waals surface area contributed by atoms with Crippen LogP contribution in [0.2, 0.25) is 0 Å². The van der Waals surface area contributed by atoms with Crippen LogP contribution in [-0.4, -0.2) is 19.4 Å². The number of thiophene rings is 1. The highest BCUT2D eigenvalue weighted by Crippen LogP contribution is 2.20. The number of nitrogens with one attached hydrogen (secondary N) is 1. The summed E-state index contributed by atoms with van der Waals surface area (Å²) in [5.74, 6) is 0.175. The zero-order valence-corrected chi connectivity index (χ0v) is 17.0. The molecule has 0 fully saturated rings. The van der Waals surface area contributed by atoms with Crippen molar-refractivity contribution in [3.8, 4) is 0 Å². The Labute approximate surface area is 163 Å². The van der Waals surface area contributed by atoms with E-state index in [1.807, 2.05) is 36.7 Å². The molecule has 0 radical (unpaired) electrons. The van der Waals surface area contributed by atoms with Gasteiger partial charge in [0, 0.05) is 5.56 Å². The van der Waals surface area contributed by atoms with E-state index < -0.39 is 0 Å². The molecule has 0 atom stereocenters. The molecule has 0 saturated heterocycles. The lowest BCUT2D eigenvalue weighted by Gasteiger charge is -2.08. The lowest BCUT2D eigenvalue weighted by atomic mass is 9.97. The summed E-state index contributed by atoms with van der Waals surface area (Å²) >= 11 is 1.53. The van der Waals surface area contributed by atoms with E-state index >= 15 is 0 Å². The van der Waals surface area contributed by atoms with Gasteiger partial charge in [0.2, 0.25) is 5.78 Å². The molecular formula is C23H33NOS. The zero-order valence-electron chi connectivity index (χ0n) is 16.1. The van der Waals surface area contributed by atoms with Crippen LogP contribution in [0.1, 0.15) is 78.6 Å². The van der Waals surface area contributed by atoms with E-state index in [9.17, 15) is 4.79 Å². The first-order chi connectivity index (χ1) is 12.8. The Hall–Kier alpha value is -1.45. The molecule has 1 N–H and O–H groups in total. The SMILES string of the molecule is CNCCCCCCCCCCCc1ccccc1C(=O)c1cccs1. The zero-order chi connectivity index (χ0) is 18.5. The summed E-state index contributed by atoms with van der Waals surface area (Å²) in [7, 11) is 2.02. The molecule has 1 aromatic carbocycles. The van der Waals surface area contributed by atoms with E-state index in [1.165, 1.54) is 74.7 Å². The van der Waals surface area contributed by atoms with Gasteiger partial charge in [-0.1, -0.05) is 75.3 Å². The van der Waals surface area contributed by atoms with Gasteiger partial charge in [0.25, 0.3) is 0 Å². The maximum atomic E-state index is 12.6. The Bertz CT molecular complexity index is 621. The van der Waals surface area contributed by atoms with Crippen molar-refractivity contribution in [3.05, 3.63) is 57.8 Å². The molecule has 0 spiro atoms. The predicted molar refractivity (Wildman–Crippen MR) is 113 cm³/mol. The number of aryl methyl sites for hydroxylation is 1. The van der Waals surface area contributed by atoms with Crippen molar-refractivity contribution in [2.75, 3.05) is 13.6 Å². The van der Waals surface area contributed by atoms with Gasteiger partial charge in [-0.05, 0) is 49.9 Å². The third kappa shape index (κ3) is 7.43. The second-order valence-corrected chi connectivity index (χ2v) is 7.95. The minimum Gasteiger partial charge on any atom is -0.320 e. The first kappa shape index (κ1) is 20.9. The van der Waals surface area contributed by atoms with Crippen LogP contribution in [-0.2, 0) is 6.42 Å². The lowest BCUT2D eigenvalue weighted by Crippen LogP contribution is -2.06. The van der Waals surface area contributed by atoms with Crippen LogP contribution in [0, 0.1) is 0 Å². The van der Waals surface area contributed by atoms with E-state index in [4.69, 9.17) is 0 Å². The minimum absolute atomic E-state index is 0.175. The number of unbranched alkanes of at least 4 members (excludes halogenated alkanes) is 8. The summed E-state index contributed by atoms with van der Waals surface area (Å²) < 4.78 is 0. The van der Waals surface area contributed by atoms with Gasteiger partial charge in [-0.3, -0.25) is 4.79 Å². The summed E-state index contributed by atoms with van der Waals surface area (Å²) in [5, 5.41) is 5.17. The molecule has 26 heavy (non-hydrogen) atoms. The highest BCUT2D eigenvalue weighted by atomic mass is 32.1. The van der Waals surface area contributed by atoms with Gasteiger partial charge in [-0.15, -0.1) is 11.3 Å². The fourth-order valence-electron chi connectivity index (χ4n) is 3.35. The molecule has 142 valence electrons. The van der Waals surface area contributed by atoms with Gasteiger partial charge in [0.05, 0.1) is 4.88 Å². The smallest absolute Gasteiger partial charge is 0.203 e. The van der Waals surface area contributed by atoms with Crippen LogP contribution in [0.4, 0.5) is 0 Å². The van der Waals surface area contributed by atoms with Crippen molar-refractivity contribution in [1.82, 2.24) is 5.32 Å². The molecule has 0 bridgehead atoms. The Balaban J connectivity index is 1.62. The average Bonchev–Trinajstić information content (AvgIpc) is 3.21. The van der Waals surface area contributed by atoms with Crippen LogP contribution >= 0.6 is 11.3 Å². The van der Waals surface area contributed by atoms with Crippen LogP contribution in [0.5, 0.6) is 0 Å². The number of carbonyl (C=O) groups is 1. The first-order valence-corrected chi connectivity index (χ1v) is 11.0. The van der Waals surface area contributed by atoms with Gasteiger partial charge in [-0.25, -0.2) is 0 Å². The topological polar surface area (TPSA) is 29.1 Å². The van der Waals surface area contributed by atoms with Crippen molar-refractivity contribution < 1.29 is 4.79 Å². The van der Waals surface area contributed by atoms with E-state index in [0.29, 0.717) is 0 Å². The van der Waals surface area contributed by atoms with E-state index in [1.54, 1.807) is 0 Å². The second-order valence-electron chi connectivity index (χ2n) is 7.00. The van der Waals surface area contributed by atoms with E-state index in [0.717, 1.165) is 23.4 Å². The highest BCUT2D eigenvalue weighted by molar-refractivity contribution is 7.12. The largest absolute Gasteiger partial charge is 0.320 e. The average molecular weight is 372 g/mol. The fraction of sp³-hybridized carbons (Fsp3) is 0.522. The van der Waals surface area contributed by atoms with Crippen LogP contribution < -0.4 is 5.32 Å². The number of benzene rings is 1. The molecule has 0 amide bonds. The number of rotatable bonds is 14. The standard InChI is InChI=1S/C23H33NOS/c1-24-18-12-8-6-4-2-3-5-7-9-14-20-15-10-11-16-21(20)23(25)22-17-13-19-26-22/h10-11,13,15-17,19,24H,2-9,12,14,18H2,1H3. The van der Waals surface area contributed by atoms with Gasteiger partial charge in [-0.2, -0.15) is 0 Å². The van der Waals surface area contributed by atoms with Gasteiger partial charge >= 0.3 is 0 Å². The van der Waals surface area contributed by atoms with Crippen molar-refractivity contribution in [1.29, 1.82) is 0 Å². The summed E-state index contributed by atoms with van der Waals surface area (Å²) in [6.45, 7) is 1.15. The molecule has 1 aromatic heterocycles. The minimum atomic E-state index is 0.175. The number of carbonyl (C=O) groups excluding carboxylic acids is 1. The third-order valence-corrected chi connectivity index (χ3v) is 5.75. The Kier molecular flexibility index (Phi) is 10.3. The number of ketones is 1. The Morgan fingerprint density at radius 2 is 1.50 bits per heavy atom. The summed E-state index contributed by atoms with van der Waals surface area (Å²) in [4.78, 5) is 13.5. The molecule has 2 aromatic rings. The van der Waals surface area contributed by atoms with Crippen molar-refractivity contribution in [2.45, 2.75) is 64.2 Å². The molecule has 1 heterocycles. The Morgan fingerprint density at radius 3 is 2.15 bits per heavy atom. The molecule has 2 rings (SSSR count). The van der Waals surface area contributed by atoms with Gasteiger partial charge < -0.3 is 5.32 Å². The number of hydrogen-bond donors (Lipinski definition) is 1. The van der Waals surface area contributed by atoms with Crippen LogP contribution in [0.15, 0.2) is 41.8 Å². The van der Waals surface area contributed by atoms with E-state index in [2.05, 4.69) is 17.4 Å². The van der Waals surface area contributed by atoms with Crippen molar-refractivity contribution in [3.63, 3.8) is 0 Å².